The first-order valence-corrected chi connectivity index (χ1v) is 8.63. The minimum Gasteiger partial charge on any atom is -0.495 e. The van der Waals surface area contributed by atoms with E-state index in [1.165, 1.54) is 5.56 Å². The Kier molecular flexibility index (Phi) is 5.28. The number of halogens is 1. The molecule has 0 radical (unpaired) electrons. The van der Waals surface area contributed by atoms with Gasteiger partial charge in [0.25, 0.3) is 0 Å². The highest BCUT2D eigenvalue weighted by Gasteiger charge is 2.09. The smallest absolute Gasteiger partial charge is 0.229 e. The molecule has 0 aliphatic rings. The maximum absolute atomic E-state index is 6.10. The molecule has 2 aromatic carbocycles. The molecule has 0 amide bonds. The maximum Gasteiger partial charge on any atom is 0.229 e. The molecule has 1 aromatic heterocycles. The summed E-state index contributed by atoms with van der Waals surface area (Å²) in [7, 11) is 1.62. The van der Waals surface area contributed by atoms with Crippen LogP contribution in [-0.2, 0) is 0 Å². The lowest BCUT2D eigenvalue weighted by molar-refractivity contribution is 0.417. The predicted octanol–water partition coefficient (Wildman–Crippen LogP) is 5.55. The first-order chi connectivity index (χ1) is 12.4. The minimum absolute atomic E-state index is 0.530. The van der Waals surface area contributed by atoms with Crippen molar-refractivity contribution in [2.45, 2.75) is 20.8 Å². The van der Waals surface area contributed by atoms with Crippen molar-refractivity contribution in [1.29, 1.82) is 0 Å². The van der Waals surface area contributed by atoms with Gasteiger partial charge in [-0.25, -0.2) is 4.98 Å². The van der Waals surface area contributed by atoms with Crippen LogP contribution in [0.4, 0.5) is 23.1 Å². The van der Waals surface area contributed by atoms with Crippen LogP contribution in [-0.4, -0.2) is 17.1 Å². The first kappa shape index (κ1) is 18.0. The molecule has 3 rings (SSSR count). The van der Waals surface area contributed by atoms with Gasteiger partial charge in [0.05, 0.1) is 12.8 Å². The highest BCUT2D eigenvalue weighted by Crippen LogP contribution is 2.30. The standard InChI is InChI=1S/C20H21ClN4O/c1-12-5-6-13(2)16(9-12)24-20-22-14(3)10-19(25-20)23-17-11-15(21)7-8-18(17)26-4/h5-11H,1-4H3,(H2,22,23,24,25). The second-order valence-corrected chi connectivity index (χ2v) is 6.57. The van der Waals surface area contributed by atoms with Crippen molar-refractivity contribution in [2.24, 2.45) is 0 Å². The molecular weight excluding hydrogens is 348 g/mol. The van der Waals surface area contributed by atoms with Crippen LogP contribution in [0.5, 0.6) is 5.75 Å². The minimum atomic E-state index is 0.530. The Bertz CT molecular complexity index is 943. The van der Waals surface area contributed by atoms with Crippen molar-refractivity contribution in [3.63, 3.8) is 0 Å². The van der Waals surface area contributed by atoms with Gasteiger partial charge in [0.15, 0.2) is 0 Å². The van der Waals surface area contributed by atoms with Gasteiger partial charge < -0.3 is 15.4 Å². The van der Waals surface area contributed by atoms with Crippen molar-refractivity contribution in [3.05, 3.63) is 64.3 Å². The quantitative estimate of drug-likeness (QED) is 0.618. The lowest BCUT2D eigenvalue weighted by Gasteiger charge is -2.14. The van der Waals surface area contributed by atoms with Gasteiger partial charge in [-0.05, 0) is 56.2 Å². The van der Waals surface area contributed by atoms with Crippen molar-refractivity contribution in [3.8, 4) is 5.75 Å². The molecule has 0 saturated carbocycles. The van der Waals surface area contributed by atoms with Gasteiger partial charge in [0.2, 0.25) is 5.95 Å². The fraction of sp³-hybridized carbons (Fsp3) is 0.200. The van der Waals surface area contributed by atoms with E-state index in [4.69, 9.17) is 16.3 Å². The maximum atomic E-state index is 6.10. The third-order valence-electron chi connectivity index (χ3n) is 3.92. The molecule has 0 atom stereocenters. The highest BCUT2D eigenvalue weighted by molar-refractivity contribution is 6.31. The summed E-state index contributed by atoms with van der Waals surface area (Å²) < 4.78 is 5.38. The summed E-state index contributed by atoms with van der Waals surface area (Å²) >= 11 is 6.10. The van der Waals surface area contributed by atoms with Crippen LogP contribution in [0.25, 0.3) is 0 Å². The van der Waals surface area contributed by atoms with Crippen LogP contribution in [0.1, 0.15) is 16.8 Å². The summed E-state index contributed by atoms with van der Waals surface area (Å²) in [6.07, 6.45) is 0. The molecule has 0 aliphatic carbocycles. The van der Waals surface area contributed by atoms with E-state index >= 15 is 0 Å². The fourth-order valence-corrected chi connectivity index (χ4v) is 2.77. The normalized spacial score (nSPS) is 10.5. The van der Waals surface area contributed by atoms with Gasteiger partial charge in [0, 0.05) is 22.5 Å². The Balaban J connectivity index is 1.91. The topological polar surface area (TPSA) is 59.1 Å². The lowest BCUT2D eigenvalue weighted by atomic mass is 10.1. The zero-order valence-electron chi connectivity index (χ0n) is 15.2. The largest absolute Gasteiger partial charge is 0.495 e. The second kappa shape index (κ2) is 7.62. The van der Waals surface area contributed by atoms with Gasteiger partial charge in [-0.3, -0.25) is 0 Å². The number of rotatable bonds is 5. The number of methoxy groups -OCH3 is 1. The van der Waals surface area contributed by atoms with Crippen LogP contribution in [0.15, 0.2) is 42.5 Å². The van der Waals surface area contributed by atoms with Gasteiger partial charge in [-0.1, -0.05) is 23.7 Å². The number of benzene rings is 2. The molecular formula is C20H21ClN4O. The van der Waals surface area contributed by atoms with E-state index < -0.39 is 0 Å². The van der Waals surface area contributed by atoms with Crippen LogP contribution >= 0.6 is 11.6 Å². The van der Waals surface area contributed by atoms with Crippen molar-refractivity contribution in [2.75, 3.05) is 17.7 Å². The molecule has 0 fully saturated rings. The summed E-state index contributed by atoms with van der Waals surface area (Å²) in [5.74, 6) is 1.88. The number of nitrogens with zero attached hydrogens (tertiary/aromatic N) is 2. The molecule has 1 heterocycles. The van der Waals surface area contributed by atoms with Crippen molar-refractivity contribution < 1.29 is 4.74 Å². The molecule has 5 nitrogen and oxygen atoms in total. The average Bonchev–Trinajstić information content (AvgIpc) is 2.58. The average molecular weight is 369 g/mol. The number of aromatic nitrogens is 2. The van der Waals surface area contributed by atoms with E-state index in [1.54, 1.807) is 19.2 Å². The van der Waals surface area contributed by atoms with E-state index in [0.29, 0.717) is 22.5 Å². The summed E-state index contributed by atoms with van der Waals surface area (Å²) in [4.78, 5) is 9.05. The third kappa shape index (κ3) is 4.24. The third-order valence-corrected chi connectivity index (χ3v) is 4.15. The Morgan fingerprint density at radius 2 is 1.69 bits per heavy atom. The predicted molar refractivity (Wildman–Crippen MR) is 107 cm³/mol. The summed E-state index contributed by atoms with van der Waals surface area (Å²) in [6, 6.07) is 13.5. The van der Waals surface area contributed by atoms with Crippen LogP contribution in [0.2, 0.25) is 5.02 Å². The molecule has 3 aromatic rings. The highest BCUT2D eigenvalue weighted by atomic mass is 35.5. The van der Waals surface area contributed by atoms with Gasteiger partial charge >= 0.3 is 0 Å². The monoisotopic (exact) mass is 368 g/mol. The molecule has 134 valence electrons. The van der Waals surface area contributed by atoms with Gasteiger partial charge in [-0.2, -0.15) is 4.98 Å². The van der Waals surface area contributed by atoms with Gasteiger partial charge in [-0.15, -0.1) is 0 Å². The number of nitrogens with one attached hydrogen (secondary N) is 2. The van der Waals surface area contributed by atoms with Crippen molar-refractivity contribution in [1.82, 2.24) is 9.97 Å². The summed E-state index contributed by atoms with van der Waals surface area (Å²) in [5, 5.41) is 7.18. The van der Waals surface area contributed by atoms with E-state index in [9.17, 15) is 0 Å². The SMILES string of the molecule is COc1ccc(Cl)cc1Nc1cc(C)nc(Nc2cc(C)ccc2C)n1. The van der Waals surface area contributed by atoms with E-state index in [2.05, 4.69) is 45.7 Å². The number of hydrogen-bond donors (Lipinski definition) is 2. The number of hydrogen-bond acceptors (Lipinski definition) is 5. The fourth-order valence-electron chi connectivity index (χ4n) is 2.60. The number of aryl methyl sites for hydroxylation is 3. The Labute approximate surface area is 158 Å². The molecule has 26 heavy (non-hydrogen) atoms. The first-order valence-electron chi connectivity index (χ1n) is 8.25. The van der Waals surface area contributed by atoms with Crippen LogP contribution in [0, 0.1) is 20.8 Å². The summed E-state index contributed by atoms with van der Waals surface area (Å²) in [5.41, 5.74) is 4.88. The van der Waals surface area contributed by atoms with Crippen LogP contribution < -0.4 is 15.4 Å². The molecule has 6 heteroatoms. The van der Waals surface area contributed by atoms with E-state index in [1.807, 2.05) is 26.0 Å². The molecule has 0 bridgehead atoms. The lowest BCUT2D eigenvalue weighted by Crippen LogP contribution is -2.04. The Hall–Kier alpha value is -2.79. The van der Waals surface area contributed by atoms with E-state index in [0.717, 1.165) is 22.6 Å². The second-order valence-electron chi connectivity index (χ2n) is 6.13. The Morgan fingerprint density at radius 3 is 2.46 bits per heavy atom. The Morgan fingerprint density at radius 1 is 0.885 bits per heavy atom. The molecule has 0 spiro atoms. The zero-order valence-corrected chi connectivity index (χ0v) is 16.0. The molecule has 2 N–H and O–H groups in total. The molecule has 0 aliphatic heterocycles. The van der Waals surface area contributed by atoms with E-state index in [-0.39, 0.29) is 0 Å². The molecule has 0 unspecified atom stereocenters. The number of anilines is 4. The van der Waals surface area contributed by atoms with Crippen LogP contribution in [0.3, 0.4) is 0 Å². The van der Waals surface area contributed by atoms with Gasteiger partial charge in [0.1, 0.15) is 11.6 Å². The summed E-state index contributed by atoms with van der Waals surface area (Å²) in [6.45, 7) is 6.03. The zero-order chi connectivity index (χ0) is 18.7. The molecule has 0 saturated heterocycles. The van der Waals surface area contributed by atoms with Crippen molar-refractivity contribution >= 4 is 34.7 Å². The number of ether oxygens (including phenoxy) is 1.